The zero-order valence-corrected chi connectivity index (χ0v) is 20.5. The van der Waals surface area contributed by atoms with E-state index in [1.807, 2.05) is 30.5 Å². The number of hydrogen-bond acceptors (Lipinski definition) is 9. The van der Waals surface area contributed by atoms with Crippen LogP contribution in [0.5, 0.6) is 5.75 Å². The Morgan fingerprint density at radius 1 is 1.03 bits per heavy atom. The van der Waals surface area contributed by atoms with Crippen LogP contribution in [0.2, 0.25) is 0 Å². The largest absolute Gasteiger partial charge is 0.496 e. The number of aliphatic hydroxyl groups excluding tert-OH is 1. The number of ether oxygens (including phenoxy) is 3. The van der Waals surface area contributed by atoms with E-state index < -0.39 is 0 Å². The van der Waals surface area contributed by atoms with Gasteiger partial charge in [-0.3, -0.25) is 4.98 Å². The van der Waals surface area contributed by atoms with Crippen molar-refractivity contribution in [1.82, 2.24) is 15.0 Å². The highest BCUT2D eigenvalue weighted by molar-refractivity contribution is 5.92. The lowest BCUT2D eigenvalue weighted by molar-refractivity contribution is 0.0303. The molecule has 9 heteroatoms. The van der Waals surface area contributed by atoms with Crippen molar-refractivity contribution < 1.29 is 19.3 Å². The van der Waals surface area contributed by atoms with E-state index >= 15 is 0 Å². The minimum atomic E-state index is -0.0974. The average Bonchev–Trinajstić information content (AvgIpc) is 3.45. The standard InChI is InChI=1S/C27H31N5O4/c1-34-25-5-2-17(7-18(25)14-33)23-8-24-22(9-28-23)26(31-11-19-3-4-20(12-31)36-19)30-27(29-24)32-10-16-6-21(13-32)35-15-16/h2,5,7-9,16,19-21,33H,3-4,6,10-15H2,1H3. The number of fused-ring (bicyclic) bond motifs is 5. The first kappa shape index (κ1) is 22.2. The second kappa shape index (κ2) is 8.83. The molecule has 4 atom stereocenters. The van der Waals surface area contributed by atoms with Crippen LogP contribution in [0.1, 0.15) is 24.8 Å². The van der Waals surface area contributed by atoms with Crippen molar-refractivity contribution in [1.29, 1.82) is 0 Å². The maximum Gasteiger partial charge on any atom is 0.228 e. The third-order valence-electron chi connectivity index (χ3n) is 7.99. The van der Waals surface area contributed by atoms with Gasteiger partial charge in [-0.2, -0.15) is 4.98 Å². The molecule has 4 fully saturated rings. The zero-order valence-electron chi connectivity index (χ0n) is 20.5. The van der Waals surface area contributed by atoms with Crippen molar-refractivity contribution >= 4 is 22.7 Å². The number of morpholine rings is 1. The molecule has 0 aliphatic carbocycles. The SMILES string of the molecule is COc1ccc(-c2cc3nc(N4CC5COC(C5)C4)nc(N4CC5CCC(C4)O5)c3cn2)cc1CO. The summed E-state index contributed by atoms with van der Waals surface area (Å²) in [7, 11) is 1.61. The van der Waals surface area contributed by atoms with Crippen LogP contribution in [0.15, 0.2) is 30.5 Å². The van der Waals surface area contributed by atoms with Crippen molar-refractivity contribution in [2.24, 2.45) is 5.92 Å². The molecular formula is C27H31N5O4. The molecule has 4 saturated heterocycles. The lowest BCUT2D eigenvalue weighted by Gasteiger charge is -2.35. The Morgan fingerprint density at radius 3 is 2.64 bits per heavy atom. The Morgan fingerprint density at radius 2 is 1.86 bits per heavy atom. The van der Waals surface area contributed by atoms with Gasteiger partial charge in [0, 0.05) is 49.4 Å². The molecule has 4 aliphatic rings. The van der Waals surface area contributed by atoms with Crippen molar-refractivity contribution in [2.75, 3.05) is 49.7 Å². The second-order valence-electron chi connectivity index (χ2n) is 10.4. The maximum absolute atomic E-state index is 9.80. The molecule has 4 aliphatic heterocycles. The molecule has 0 radical (unpaired) electrons. The fourth-order valence-corrected chi connectivity index (χ4v) is 6.22. The molecule has 0 saturated carbocycles. The second-order valence-corrected chi connectivity index (χ2v) is 10.4. The van der Waals surface area contributed by atoms with Crippen LogP contribution in [-0.2, 0) is 16.1 Å². The third-order valence-corrected chi connectivity index (χ3v) is 7.99. The van der Waals surface area contributed by atoms with E-state index in [0.29, 0.717) is 11.7 Å². The summed E-state index contributed by atoms with van der Waals surface area (Å²) in [6.07, 6.45) is 6.03. The molecule has 2 aromatic heterocycles. The van der Waals surface area contributed by atoms with Crippen molar-refractivity contribution in [3.05, 3.63) is 36.0 Å². The lowest BCUT2D eigenvalue weighted by Crippen LogP contribution is -2.44. The molecule has 4 bridgehead atoms. The van der Waals surface area contributed by atoms with Crippen LogP contribution in [0.3, 0.4) is 0 Å². The lowest BCUT2D eigenvalue weighted by atomic mass is 10.0. The number of hydrogen-bond donors (Lipinski definition) is 1. The van der Waals surface area contributed by atoms with Gasteiger partial charge in [0.25, 0.3) is 0 Å². The number of aliphatic hydroxyl groups is 1. The van der Waals surface area contributed by atoms with Crippen molar-refractivity contribution in [3.8, 4) is 17.0 Å². The number of nitrogens with zero attached hydrogens (tertiary/aromatic N) is 5. The Balaban J connectivity index is 1.32. The molecule has 6 heterocycles. The van der Waals surface area contributed by atoms with Gasteiger partial charge in [0.15, 0.2) is 0 Å². The average molecular weight is 490 g/mol. The summed E-state index contributed by atoms with van der Waals surface area (Å²) in [5.74, 6) is 2.91. The molecule has 0 spiro atoms. The van der Waals surface area contributed by atoms with Crippen molar-refractivity contribution in [3.63, 3.8) is 0 Å². The molecule has 1 N–H and O–H groups in total. The summed E-state index contributed by atoms with van der Waals surface area (Å²) in [4.78, 5) is 19.6. The monoisotopic (exact) mass is 489 g/mol. The number of rotatable bonds is 5. The molecule has 3 aromatic rings. The summed E-state index contributed by atoms with van der Waals surface area (Å²) < 4.78 is 17.4. The zero-order chi connectivity index (χ0) is 24.2. The van der Waals surface area contributed by atoms with Gasteiger partial charge < -0.3 is 29.1 Å². The van der Waals surface area contributed by atoms with Gasteiger partial charge in [0.2, 0.25) is 5.95 Å². The van der Waals surface area contributed by atoms with Crippen LogP contribution in [-0.4, -0.2) is 78.3 Å². The molecule has 36 heavy (non-hydrogen) atoms. The minimum absolute atomic E-state index is 0.0974. The van der Waals surface area contributed by atoms with E-state index in [9.17, 15) is 5.11 Å². The Labute approximate surface area is 210 Å². The first-order valence-corrected chi connectivity index (χ1v) is 12.9. The maximum atomic E-state index is 9.80. The molecule has 7 rings (SSSR count). The third kappa shape index (κ3) is 3.86. The number of benzene rings is 1. The van der Waals surface area contributed by atoms with Gasteiger partial charge >= 0.3 is 0 Å². The highest BCUT2D eigenvalue weighted by Crippen LogP contribution is 2.36. The first-order chi connectivity index (χ1) is 17.7. The van der Waals surface area contributed by atoms with Crippen molar-refractivity contribution in [2.45, 2.75) is 44.2 Å². The van der Waals surface area contributed by atoms with Crippen LogP contribution in [0, 0.1) is 5.92 Å². The van der Waals surface area contributed by atoms with Gasteiger partial charge in [0.05, 0.1) is 55.2 Å². The molecule has 188 valence electrons. The molecule has 9 nitrogen and oxygen atoms in total. The number of piperidine rings is 1. The van der Waals surface area contributed by atoms with E-state index in [-0.39, 0.29) is 24.9 Å². The van der Waals surface area contributed by atoms with Gasteiger partial charge in [-0.15, -0.1) is 0 Å². The normalized spacial score (nSPS) is 27.2. The Hall–Kier alpha value is -3.01. The Kier molecular flexibility index (Phi) is 5.45. The van der Waals surface area contributed by atoms with Crippen LogP contribution in [0.25, 0.3) is 22.2 Å². The number of anilines is 2. The van der Waals surface area contributed by atoms with E-state index in [1.165, 1.54) is 0 Å². The summed E-state index contributed by atoms with van der Waals surface area (Å²) in [6.45, 7) is 4.16. The van der Waals surface area contributed by atoms with Crippen LogP contribution < -0.4 is 14.5 Å². The van der Waals surface area contributed by atoms with E-state index in [4.69, 9.17) is 29.2 Å². The smallest absolute Gasteiger partial charge is 0.228 e. The summed E-state index contributed by atoms with van der Waals surface area (Å²) >= 11 is 0. The molecular weight excluding hydrogens is 458 g/mol. The fraction of sp³-hybridized carbons (Fsp3) is 0.519. The fourth-order valence-electron chi connectivity index (χ4n) is 6.22. The summed E-state index contributed by atoms with van der Waals surface area (Å²) in [6, 6.07) is 7.80. The number of aromatic nitrogens is 3. The van der Waals surface area contributed by atoms with E-state index in [1.54, 1.807) is 7.11 Å². The molecule has 0 amide bonds. The van der Waals surface area contributed by atoms with Gasteiger partial charge in [-0.1, -0.05) is 0 Å². The number of pyridine rings is 1. The van der Waals surface area contributed by atoms with Gasteiger partial charge in [-0.25, -0.2) is 4.98 Å². The first-order valence-electron chi connectivity index (χ1n) is 12.9. The quantitative estimate of drug-likeness (QED) is 0.581. The minimum Gasteiger partial charge on any atom is -0.496 e. The Bertz CT molecular complexity index is 1280. The summed E-state index contributed by atoms with van der Waals surface area (Å²) in [5.41, 5.74) is 3.32. The van der Waals surface area contributed by atoms with Crippen LogP contribution >= 0.6 is 0 Å². The molecule has 1 aromatic carbocycles. The predicted octanol–water partition coefficient (Wildman–Crippen LogP) is 2.79. The highest BCUT2D eigenvalue weighted by atomic mass is 16.5. The van der Waals surface area contributed by atoms with E-state index in [2.05, 4.69) is 9.80 Å². The molecule has 4 unspecified atom stereocenters. The van der Waals surface area contributed by atoms with Gasteiger partial charge in [-0.05, 0) is 43.5 Å². The van der Waals surface area contributed by atoms with E-state index in [0.717, 1.165) is 91.5 Å². The van der Waals surface area contributed by atoms with Crippen LogP contribution in [0.4, 0.5) is 11.8 Å². The van der Waals surface area contributed by atoms with Gasteiger partial charge in [0.1, 0.15) is 11.6 Å². The highest BCUT2D eigenvalue weighted by Gasteiger charge is 2.37. The predicted molar refractivity (Wildman–Crippen MR) is 135 cm³/mol. The summed E-state index contributed by atoms with van der Waals surface area (Å²) in [5, 5.41) is 10.8. The number of methoxy groups -OCH3 is 1. The topological polar surface area (TPSA) is 93.1 Å².